The molecule has 0 aliphatic heterocycles. The predicted molar refractivity (Wildman–Crippen MR) is 137 cm³/mol. The SMILES string of the molecule is O=C(C[C@H](c1ccccc1)P(c1ccccc1)c1ccccc1)N[C@@H](CO)c1ccccc1. The second kappa shape index (κ2) is 11.6. The van der Waals surface area contributed by atoms with Gasteiger partial charge in [-0.1, -0.05) is 121 Å². The van der Waals surface area contributed by atoms with E-state index in [1.54, 1.807) is 0 Å². The van der Waals surface area contributed by atoms with E-state index in [0.717, 1.165) is 11.1 Å². The molecule has 0 unspecified atom stereocenters. The molecule has 0 spiro atoms. The lowest BCUT2D eigenvalue weighted by Crippen LogP contribution is -2.32. The molecule has 0 aromatic heterocycles. The van der Waals surface area contributed by atoms with Gasteiger partial charge in [0.25, 0.3) is 0 Å². The standard InChI is InChI=1S/C29H28NO2P/c31-22-27(23-13-5-1-6-14-23)30-29(32)21-28(24-15-7-2-8-16-24)33(25-17-9-3-10-18-25)26-19-11-4-12-20-26/h1-20,27-28,31H,21-22H2,(H,30,32)/t27-,28+/m0/s1. The number of carbonyl (C=O) groups excluding carboxylic acids is 1. The molecule has 0 saturated carbocycles. The van der Waals surface area contributed by atoms with E-state index in [9.17, 15) is 9.90 Å². The van der Waals surface area contributed by atoms with Crippen LogP contribution >= 0.6 is 7.92 Å². The highest BCUT2D eigenvalue weighted by Crippen LogP contribution is 2.51. The first-order chi connectivity index (χ1) is 16.3. The molecule has 0 radical (unpaired) electrons. The van der Waals surface area contributed by atoms with Gasteiger partial charge in [0.05, 0.1) is 12.6 Å². The summed E-state index contributed by atoms with van der Waals surface area (Å²) in [6, 6.07) is 40.4. The summed E-state index contributed by atoms with van der Waals surface area (Å²) >= 11 is 0. The van der Waals surface area contributed by atoms with Crippen molar-refractivity contribution in [2.75, 3.05) is 6.61 Å². The number of amides is 1. The van der Waals surface area contributed by atoms with Crippen LogP contribution in [-0.4, -0.2) is 17.6 Å². The molecule has 0 aliphatic rings. The molecule has 0 aliphatic carbocycles. The molecule has 4 aromatic rings. The highest BCUT2D eigenvalue weighted by atomic mass is 31.1. The third-order valence-electron chi connectivity index (χ3n) is 5.66. The van der Waals surface area contributed by atoms with Crippen molar-refractivity contribution in [3.63, 3.8) is 0 Å². The van der Waals surface area contributed by atoms with Gasteiger partial charge in [0.15, 0.2) is 0 Å². The normalized spacial score (nSPS) is 12.8. The summed E-state index contributed by atoms with van der Waals surface area (Å²) in [6.07, 6.45) is 0.336. The quantitative estimate of drug-likeness (QED) is 0.347. The second-order valence-corrected chi connectivity index (χ2v) is 10.3. The molecule has 1 amide bonds. The number of hydrogen-bond donors (Lipinski definition) is 2. The maximum absolute atomic E-state index is 13.3. The van der Waals surface area contributed by atoms with Gasteiger partial charge in [-0.05, 0) is 29.7 Å². The number of rotatable bonds is 9. The molecule has 33 heavy (non-hydrogen) atoms. The number of hydrogen-bond acceptors (Lipinski definition) is 2. The van der Waals surface area contributed by atoms with Crippen molar-refractivity contribution in [2.24, 2.45) is 0 Å². The van der Waals surface area contributed by atoms with Crippen molar-refractivity contribution in [2.45, 2.75) is 18.1 Å². The van der Waals surface area contributed by atoms with Gasteiger partial charge < -0.3 is 10.4 Å². The van der Waals surface area contributed by atoms with Crippen LogP contribution in [0.25, 0.3) is 0 Å². The molecule has 4 rings (SSSR count). The minimum Gasteiger partial charge on any atom is -0.394 e. The van der Waals surface area contributed by atoms with Crippen LogP contribution in [0.2, 0.25) is 0 Å². The van der Waals surface area contributed by atoms with Gasteiger partial charge in [-0.25, -0.2) is 0 Å². The number of nitrogens with one attached hydrogen (secondary N) is 1. The topological polar surface area (TPSA) is 49.3 Å². The van der Waals surface area contributed by atoms with Crippen LogP contribution < -0.4 is 15.9 Å². The highest BCUT2D eigenvalue weighted by molar-refractivity contribution is 7.73. The van der Waals surface area contributed by atoms with E-state index < -0.39 is 14.0 Å². The van der Waals surface area contributed by atoms with Gasteiger partial charge in [-0.3, -0.25) is 4.79 Å². The fourth-order valence-corrected chi connectivity index (χ4v) is 6.89. The van der Waals surface area contributed by atoms with Gasteiger partial charge in [0.1, 0.15) is 0 Å². The molecule has 2 atom stereocenters. The Morgan fingerprint density at radius 3 is 1.55 bits per heavy atom. The molecule has 3 nitrogen and oxygen atoms in total. The van der Waals surface area contributed by atoms with Crippen LogP contribution in [0.3, 0.4) is 0 Å². The maximum atomic E-state index is 13.3. The monoisotopic (exact) mass is 453 g/mol. The highest BCUT2D eigenvalue weighted by Gasteiger charge is 2.29. The predicted octanol–water partition coefficient (Wildman–Crippen LogP) is 5.10. The first-order valence-electron chi connectivity index (χ1n) is 11.2. The number of aliphatic hydroxyl groups excluding tert-OH is 1. The lowest BCUT2D eigenvalue weighted by Gasteiger charge is -2.29. The van der Waals surface area contributed by atoms with E-state index in [4.69, 9.17) is 0 Å². The smallest absolute Gasteiger partial charge is 0.221 e. The van der Waals surface area contributed by atoms with Gasteiger partial charge in [0, 0.05) is 12.1 Å². The molecule has 4 aromatic carbocycles. The molecule has 0 heterocycles. The molecular weight excluding hydrogens is 425 g/mol. The summed E-state index contributed by atoms with van der Waals surface area (Å²) in [5.74, 6) is -0.0638. The molecular formula is C29H28NO2P. The fraction of sp³-hybridized carbons (Fsp3) is 0.138. The van der Waals surface area contributed by atoms with Crippen LogP contribution in [0.4, 0.5) is 0 Å². The zero-order valence-electron chi connectivity index (χ0n) is 18.4. The lowest BCUT2D eigenvalue weighted by molar-refractivity contribution is -0.122. The first kappa shape index (κ1) is 22.9. The van der Waals surface area contributed by atoms with Gasteiger partial charge in [-0.15, -0.1) is 0 Å². The molecule has 0 bridgehead atoms. The van der Waals surface area contributed by atoms with Crippen molar-refractivity contribution in [1.82, 2.24) is 5.32 Å². The Labute approximate surface area is 196 Å². The summed E-state index contributed by atoms with van der Waals surface area (Å²) in [7, 11) is -0.830. The zero-order valence-corrected chi connectivity index (χ0v) is 19.3. The molecule has 0 fully saturated rings. The average Bonchev–Trinajstić information content (AvgIpc) is 2.89. The van der Waals surface area contributed by atoms with Crippen molar-refractivity contribution >= 4 is 24.4 Å². The largest absolute Gasteiger partial charge is 0.394 e. The Morgan fingerprint density at radius 1 is 0.667 bits per heavy atom. The third kappa shape index (κ3) is 5.96. The van der Waals surface area contributed by atoms with Gasteiger partial charge in [-0.2, -0.15) is 0 Å². The Balaban J connectivity index is 1.68. The average molecular weight is 454 g/mol. The van der Waals surface area contributed by atoms with Crippen LogP contribution in [0.1, 0.15) is 29.2 Å². The Morgan fingerprint density at radius 2 is 1.09 bits per heavy atom. The molecule has 166 valence electrons. The lowest BCUT2D eigenvalue weighted by atomic mass is 10.1. The van der Waals surface area contributed by atoms with E-state index in [2.05, 4.69) is 66.0 Å². The Bertz CT molecular complexity index is 1080. The van der Waals surface area contributed by atoms with Crippen LogP contribution in [0.5, 0.6) is 0 Å². The number of carbonyl (C=O) groups is 1. The van der Waals surface area contributed by atoms with E-state index in [1.165, 1.54) is 10.6 Å². The van der Waals surface area contributed by atoms with E-state index in [1.807, 2.05) is 60.7 Å². The zero-order chi connectivity index (χ0) is 22.9. The second-order valence-electron chi connectivity index (χ2n) is 7.89. The maximum Gasteiger partial charge on any atom is 0.221 e. The van der Waals surface area contributed by atoms with E-state index in [-0.39, 0.29) is 18.2 Å². The van der Waals surface area contributed by atoms with Crippen molar-refractivity contribution in [3.05, 3.63) is 132 Å². The summed E-state index contributed by atoms with van der Waals surface area (Å²) < 4.78 is 0. The first-order valence-corrected chi connectivity index (χ1v) is 12.6. The van der Waals surface area contributed by atoms with Gasteiger partial charge >= 0.3 is 0 Å². The van der Waals surface area contributed by atoms with E-state index in [0.29, 0.717) is 6.42 Å². The Hall–Kier alpha value is -3.26. The van der Waals surface area contributed by atoms with Crippen molar-refractivity contribution in [3.8, 4) is 0 Å². The van der Waals surface area contributed by atoms with Crippen molar-refractivity contribution in [1.29, 1.82) is 0 Å². The minimum absolute atomic E-state index is 0.00103. The van der Waals surface area contributed by atoms with Crippen LogP contribution in [0, 0.1) is 0 Å². The van der Waals surface area contributed by atoms with Crippen molar-refractivity contribution < 1.29 is 9.90 Å². The number of aliphatic hydroxyl groups is 1. The third-order valence-corrected chi connectivity index (χ3v) is 8.48. The summed E-state index contributed by atoms with van der Waals surface area (Å²) in [4.78, 5) is 13.3. The summed E-state index contributed by atoms with van der Waals surface area (Å²) in [6.45, 7) is -0.141. The summed E-state index contributed by atoms with van der Waals surface area (Å²) in [5.41, 5.74) is 2.05. The summed E-state index contributed by atoms with van der Waals surface area (Å²) in [5, 5.41) is 15.5. The van der Waals surface area contributed by atoms with Gasteiger partial charge in [0.2, 0.25) is 5.91 Å². The Kier molecular flexibility index (Phi) is 8.03. The number of benzene rings is 4. The minimum atomic E-state index is -0.830. The molecule has 4 heteroatoms. The fourth-order valence-electron chi connectivity index (χ4n) is 4.07. The molecule has 0 saturated heterocycles. The van der Waals surface area contributed by atoms with Crippen LogP contribution in [-0.2, 0) is 4.79 Å². The van der Waals surface area contributed by atoms with Crippen LogP contribution in [0.15, 0.2) is 121 Å². The van der Waals surface area contributed by atoms with E-state index >= 15 is 0 Å². The molecule has 2 N–H and O–H groups in total.